The summed E-state index contributed by atoms with van der Waals surface area (Å²) in [6, 6.07) is 20.1. The Balaban J connectivity index is 1.23. The molecular formula is C23H28N4S. The Hall–Kier alpha value is -2.53. The predicted molar refractivity (Wildman–Crippen MR) is 122 cm³/mol. The van der Waals surface area contributed by atoms with Gasteiger partial charge in [-0.2, -0.15) is 0 Å². The minimum Gasteiger partial charge on any atom is -0.363 e. The van der Waals surface area contributed by atoms with Crippen LogP contribution in [0.25, 0.3) is 10.8 Å². The first kappa shape index (κ1) is 18.8. The molecule has 5 heteroatoms. The summed E-state index contributed by atoms with van der Waals surface area (Å²) in [5.74, 6) is 0.912. The Bertz CT molecular complexity index is 911. The average molecular weight is 393 g/mol. The zero-order valence-corrected chi connectivity index (χ0v) is 17.2. The molecule has 1 aromatic heterocycles. The summed E-state index contributed by atoms with van der Waals surface area (Å²) < 4.78 is 0. The van der Waals surface area contributed by atoms with E-state index in [1.165, 1.54) is 21.3 Å². The fourth-order valence-electron chi connectivity index (χ4n) is 3.80. The van der Waals surface area contributed by atoms with E-state index in [-0.39, 0.29) is 0 Å². The topological polar surface area (TPSA) is 39.7 Å². The van der Waals surface area contributed by atoms with E-state index in [0.29, 0.717) is 6.04 Å². The molecule has 146 valence electrons. The molecule has 0 spiro atoms. The van der Waals surface area contributed by atoms with Gasteiger partial charge in [0.25, 0.3) is 0 Å². The summed E-state index contributed by atoms with van der Waals surface area (Å²) in [4.78, 5) is 6.90. The van der Waals surface area contributed by atoms with Crippen molar-refractivity contribution in [3.8, 4) is 0 Å². The highest BCUT2D eigenvalue weighted by Crippen LogP contribution is 2.24. The van der Waals surface area contributed by atoms with E-state index in [2.05, 4.69) is 80.5 Å². The normalized spacial score (nSPS) is 15.8. The lowest BCUT2D eigenvalue weighted by atomic mass is 10.1. The SMILES string of the molecule is CN=C(NCCc1ccc2ccccc2c1)NC1CCN(c2cccs2)CC1. The van der Waals surface area contributed by atoms with E-state index in [0.717, 1.165) is 44.9 Å². The molecule has 0 radical (unpaired) electrons. The van der Waals surface area contributed by atoms with Crippen LogP contribution in [0.4, 0.5) is 5.00 Å². The molecule has 4 nitrogen and oxygen atoms in total. The second kappa shape index (κ2) is 9.11. The van der Waals surface area contributed by atoms with Gasteiger partial charge in [-0.1, -0.05) is 42.5 Å². The molecule has 0 unspecified atom stereocenters. The zero-order valence-electron chi connectivity index (χ0n) is 16.4. The lowest BCUT2D eigenvalue weighted by molar-refractivity contribution is 0.463. The number of thiophene rings is 1. The highest BCUT2D eigenvalue weighted by Gasteiger charge is 2.20. The standard InChI is InChI=1S/C23H28N4S/c1-24-23(26-21-11-14-27(15-12-21)22-7-4-16-28-22)25-13-10-18-8-9-19-5-2-3-6-20(19)17-18/h2-9,16-17,21H,10-15H2,1H3,(H2,24,25,26). The van der Waals surface area contributed by atoms with Crippen molar-refractivity contribution in [2.24, 2.45) is 4.99 Å². The lowest BCUT2D eigenvalue weighted by Gasteiger charge is -2.33. The molecule has 1 saturated heterocycles. The fourth-order valence-corrected chi connectivity index (χ4v) is 4.59. The van der Waals surface area contributed by atoms with Crippen molar-refractivity contribution in [2.75, 3.05) is 31.6 Å². The van der Waals surface area contributed by atoms with Crippen LogP contribution in [0.5, 0.6) is 0 Å². The van der Waals surface area contributed by atoms with E-state index < -0.39 is 0 Å². The third-order valence-corrected chi connectivity index (χ3v) is 6.33. The van der Waals surface area contributed by atoms with E-state index in [4.69, 9.17) is 0 Å². The second-order valence-corrected chi connectivity index (χ2v) is 8.21. The van der Waals surface area contributed by atoms with Crippen molar-refractivity contribution in [1.29, 1.82) is 0 Å². The molecule has 2 aromatic carbocycles. The lowest BCUT2D eigenvalue weighted by Crippen LogP contribution is -2.49. The van der Waals surface area contributed by atoms with Gasteiger partial charge in [0.05, 0.1) is 5.00 Å². The molecule has 1 aliphatic heterocycles. The second-order valence-electron chi connectivity index (χ2n) is 7.29. The molecular weight excluding hydrogens is 364 g/mol. The number of hydrogen-bond acceptors (Lipinski definition) is 3. The maximum Gasteiger partial charge on any atom is 0.191 e. The quantitative estimate of drug-likeness (QED) is 0.503. The molecule has 2 N–H and O–H groups in total. The van der Waals surface area contributed by atoms with E-state index >= 15 is 0 Å². The van der Waals surface area contributed by atoms with Gasteiger partial charge in [0, 0.05) is 32.7 Å². The highest BCUT2D eigenvalue weighted by atomic mass is 32.1. The van der Waals surface area contributed by atoms with Gasteiger partial charge in [0.2, 0.25) is 0 Å². The molecule has 1 aliphatic rings. The first-order chi connectivity index (χ1) is 13.8. The third-order valence-electron chi connectivity index (χ3n) is 5.40. The Kier molecular flexibility index (Phi) is 6.12. The van der Waals surface area contributed by atoms with Crippen LogP contribution in [-0.4, -0.2) is 38.7 Å². The predicted octanol–water partition coefficient (Wildman–Crippen LogP) is 4.28. The van der Waals surface area contributed by atoms with E-state index in [1.807, 2.05) is 18.4 Å². The number of benzene rings is 2. The van der Waals surface area contributed by atoms with Crippen molar-refractivity contribution >= 4 is 33.1 Å². The number of piperidine rings is 1. The van der Waals surface area contributed by atoms with Gasteiger partial charge in [0.1, 0.15) is 0 Å². The fraction of sp³-hybridized carbons (Fsp3) is 0.348. The number of guanidine groups is 1. The number of aliphatic imine (C=N–C) groups is 1. The summed E-state index contributed by atoms with van der Waals surface area (Å²) in [6.45, 7) is 3.09. The zero-order chi connectivity index (χ0) is 19.2. The third kappa shape index (κ3) is 4.65. The Morgan fingerprint density at radius 2 is 1.89 bits per heavy atom. The van der Waals surface area contributed by atoms with Crippen LogP contribution in [0.15, 0.2) is 65.0 Å². The van der Waals surface area contributed by atoms with Crippen molar-refractivity contribution in [1.82, 2.24) is 10.6 Å². The first-order valence-electron chi connectivity index (χ1n) is 10.0. The largest absolute Gasteiger partial charge is 0.363 e. The number of nitrogens with zero attached hydrogens (tertiary/aromatic N) is 2. The highest BCUT2D eigenvalue weighted by molar-refractivity contribution is 7.14. The van der Waals surface area contributed by atoms with Crippen LogP contribution >= 0.6 is 11.3 Å². The van der Waals surface area contributed by atoms with Crippen LogP contribution in [0.1, 0.15) is 18.4 Å². The van der Waals surface area contributed by atoms with Crippen LogP contribution in [0, 0.1) is 0 Å². The number of rotatable bonds is 5. The van der Waals surface area contributed by atoms with Gasteiger partial charge >= 0.3 is 0 Å². The molecule has 4 rings (SSSR count). The summed E-state index contributed by atoms with van der Waals surface area (Å²) in [5, 5.41) is 13.2. The van der Waals surface area contributed by atoms with Crippen LogP contribution in [0.2, 0.25) is 0 Å². The molecule has 0 aliphatic carbocycles. The monoisotopic (exact) mass is 392 g/mol. The molecule has 28 heavy (non-hydrogen) atoms. The molecule has 0 atom stereocenters. The van der Waals surface area contributed by atoms with Crippen LogP contribution in [-0.2, 0) is 6.42 Å². The van der Waals surface area contributed by atoms with Gasteiger partial charge in [-0.3, -0.25) is 4.99 Å². The Morgan fingerprint density at radius 1 is 1.07 bits per heavy atom. The smallest absolute Gasteiger partial charge is 0.191 e. The van der Waals surface area contributed by atoms with Crippen molar-refractivity contribution in [3.63, 3.8) is 0 Å². The minimum atomic E-state index is 0.489. The molecule has 0 bridgehead atoms. The summed E-state index contributed by atoms with van der Waals surface area (Å²) >= 11 is 1.83. The van der Waals surface area contributed by atoms with Crippen molar-refractivity contribution < 1.29 is 0 Å². The van der Waals surface area contributed by atoms with E-state index in [9.17, 15) is 0 Å². The van der Waals surface area contributed by atoms with Crippen LogP contribution in [0.3, 0.4) is 0 Å². The van der Waals surface area contributed by atoms with Crippen molar-refractivity contribution in [2.45, 2.75) is 25.3 Å². The minimum absolute atomic E-state index is 0.489. The Labute approximate surface area is 171 Å². The number of hydrogen-bond donors (Lipinski definition) is 2. The van der Waals surface area contributed by atoms with Gasteiger partial charge in [-0.25, -0.2) is 0 Å². The Morgan fingerprint density at radius 3 is 2.64 bits per heavy atom. The average Bonchev–Trinajstić information content (AvgIpc) is 3.28. The molecule has 2 heterocycles. The van der Waals surface area contributed by atoms with Gasteiger partial charge in [-0.15, -0.1) is 11.3 Å². The summed E-state index contributed by atoms with van der Waals surface area (Å²) in [5.41, 5.74) is 1.35. The maximum atomic E-state index is 4.42. The molecule has 1 fully saturated rings. The first-order valence-corrected chi connectivity index (χ1v) is 10.9. The number of anilines is 1. The molecule has 0 amide bonds. The van der Waals surface area contributed by atoms with Gasteiger partial charge < -0.3 is 15.5 Å². The van der Waals surface area contributed by atoms with Gasteiger partial charge in [0.15, 0.2) is 5.96 Å². The summed E-state index contributed by atoms with van der Waals surface area (Å²) in [6.07, 6.45) is 3.27. The molecule has 0 saturated carbocycles. The number of nitrogens with one attached hydrogen (secondary N) is 2. The van der Waals surface area contributed by atoms with Crippen LogP contribution < -0.4 is 15.5 Å². The molecule has 3 aromatic rings. The maximum absolute atomic E-state index is 4.42. The summed E-state index contributed by atoms with van der Waals surface area (Å²) in [7, 11) is 1.85. The number of fused-ring (bicyclic) bond motifs is 1. The van der Waals surface area contributed by atoms with Gasteiger partial charge in [-0.05, 0) is 53.1 Å². The van der Waals surface area contributed by atoms with E-state index in [1.54, 1.807) is 0 Å². The van der Waals surface area contributed by atoms with Crippen molar-refractivity contribution in [3.05, 3.63) is 65.5 Å².